The fourth-order valence-corrected chi connectivity index (χ4v) is 5.65. The van der Waals surface area contributed by atoms with E-state index in [1.54, 1.807) is 0 Å². The van der Waals surface area contributed by atoms with Crippen molar-refractivity contribution in [1.82, 2.24) is 4.90 Å². The Morgan fingerprint density at radius 1 is 0.818 bits per heavy atom. The van der Waals surface area contributed by atoms with Gasteiger partial charge >= 0.3 is 0 Å². The average molecular weight is 433 g/mol. The van der Waals surface area contributed by atoms with E-state index in [0.29, 0.717) is 5.92 Å². The van der Waals surface area contributed by atoms with E-state index in [9.17, 15) is 5.26 Å². The maximum Gasteiger partial charge on any atom is 0.0741 e. The lowest BCUT2D eigenvalue weighted by Crippen LogP contribution is -2.36. The molecule has 1 heterocycles. The quantitative estimate of drug-likeness (QED) is 0.453. The van der Waals surface area contributed by atoms with E-state index in [1.807, 2.05) is 18.2 Å². The van der Waals surface area contributed by atoms with Crippen LogP contribution in [0.5, 0.6) is 0 Å². The maximum absolute atomic E-state index is 9.80. The first-order valence-electron chi connectivity index (χ1n) is 12.4. The van der Waals surface area contributed by atoms with Crippen LogP contribution in [0.15, 0.2) is 84.9 Å². The number of fused-ring (bicyclic) bond motifs is 2. The summed E-state index contributed by atoms with van der Waals surface area (Å²) in [7, 11) is 0. The van der Waals surface area contributed by atoms with Crippen LogP contribution in [0.2, 0.25) is 0 Å². The molecule has 2 heteroatoms. The lowest BCUT2D eigenvalue weighted by Gasteiger charge is -2.34. The van der Waals surface area contributed by atoms with Gasteiger partial charge in [0, 0.05) is 6.54 Å². The number of rotatable bonds is 5. The van der Waals surface area contributed by atoms with E-state index in [-0.39, 0.29) is 5.92 Å². The van der Waals surface area contributed by atoms with Crippen LogP contribution in [-0.2, 0) is 12.8 Å². The van der Waals surface area contributed by atoms with Gasteiger partial charge in [-0.3, -0.25) is 0 Å². The Morgan fingerprint density at radius 3 is 2.00 bits per heavy atom. The fraction of sp³-hybridized carbons (Fsp3) is 0.323. The van der Waals surface area contributed by atoms with Crippen LogP contribution < -0.4 is 0 Å². The Labute approximate surface area is 198 Å². The smallest absolute Gasteiger partial charge is 0.0741 e. The largest absolute Gasteiger partial charge is 0.303 e. The number of piperidine rings is 1. The summed E-state index contributed by atoms with van der Waals surface area (Å²) < 4.78 is 0. The van der Waals surface area contributed by atoms with Crippen molar-refractivity contribution >= 4 is 5.57 Å². The molecule has 1 unspecified atom stereocenters. The van der Waals surface area contributed by atoms with E-state index >= 15 is 0 Å². The van der Waals surface area contributed by atoms with Gasteiger partial charge in [-0.1, -0.05) is 84.9 Å². The number of aryl methyl sites for hydroxylation is 2. The van der Waals surface area contributed by atoms with Gasteiger partial charge in [-0.15, -0.1) is 0 Å². The highest BCUT2D eigenvalue weighted by Gasteiger charge is 2.27. The third-order valence-electron chi connectivity index (χ3n) is 7.47. The lowest BCUT2D eigenvalue weighted by atomic mass is 9.81. The molecule has 3 aromatic carbocycles. The summed E-state index contributed by atoms with van der Waals surface area (Å²) in [6.45, 7) is 3.27. The summed E-state index contributed by atoms with van der Waals surface area (Å²) in [5.41, 5.74) is 8.31. The van der Waals surface area contributed by atoms with Gasteiger partial charge in [0.1, 0.15) is 0 Å². The maximum atomic E-state index is 9.80. The Morgan fingerprint density at radius 2 is 1.39 bits per heavy atom. The predicted octanol–water partition coefficient (Wildman–Crippen LogP) is 6.63. The van der Waals surface area contributed by atoms with Crippen molar-refractivity contribution in [3.63, 3.8) is 0 Å². The molecular weight excluding hydrogens is 400 g/mol. The number of nitrogens with zero attached hydrogens (tertiary/aromatic N) is 2. The molecule has 0 spiro atoms. The molecule has 5 rings (SSSR count). The second-order valence-corrected chi connectivity index (χ2v) is 9.42. The second-order valence-electron chi connectivity index (χ2n) is 9.42. The van der Waals surface area contributed by atoms with Gasteiger partial charge in [0.25, 0.3) is 0 Å². The second kappa shape index (κ2) is 10.2. The third-order valence-corrected chi connectivity index (χ3v) is 7.47. The Hall–Kier alpha value is -3.15. The standard InChI is InChI=1S/C31H32N2/c32-23-31(24-9-2-1-3-10-24)27-18-21-33(22-19-27)20-8-15-30-28-13-6-4-11-25(28)16-17-26-12-5-7-14-29(26)30/h1-7,9-15,27,31H,8,16-22H2. The van der Waals surface area contributed by atoms with Gasteiger partial charge in [0.2, 0.25) is 0 Å². The van der Waals surface area contributed by atoms with Crippen molar-refractivity contribution in [1.29, 1.82) is 5.26 Å². The monoisotopic (exact) mass is 432 g/mol. The molecule has 2 nitrogen and oxygen atoms in total. The van der Waals surface area contributed by atoms with Crippen LogP contribution in [0, 0.1) is 17.2 Å². The number of likely N-dealkylation sites (tertiary alicyclic amines) is 1. The van der Waals surface area contributed by atoms with Gasteiger partial charge in [-0.2, -0.15) is 5.26 Å². The normalized spacial score (nSPS) is 17.4. The summed E-state index contributed by atoms with van der Waals surface area (Å²) in [5, 5.41) is 9.80. The Balaban J connectivity index is 1.25. The van der Waals surface area contributed by atoms with E-state index in [1.165, 1.54) is 33.4 Å². The van der Waals surface area contributed by atoms with Crippen LogP contribution in [0.4, 0.5) is 0 Å². The molecule has 0 saturated carbocycles. The van der Waals surface area contributed by atoms with E-state index in [2.05, 4.69) is 77.7 Å². The minimum Gasteiger partial charge on any atom is -0.303 e. The average Bonchev–Trinajstić information content (AvgIpc) is 3.03. The minimum absolute atomic E-state index is 0.0226. The van der Waals surface area contributed by atoms with Gasteiger partial charge in [0.05, 0.1) is 12.0 Å². The first-order chi connectivity index (χ1) is 16.3. The van der Waals surface area contributed by atoms with Crippen molar-refractivity contribution < 1.29 is 0 Å². The molecule has 1 saturated heterocycles. The third kappa shape index (κ3) is 4.80. The molecule has 3 aromatic rings. The van der Waals surface area contributed by atoms with Crippen molar-refractivity contribution in [3.05, 3.63) is 113 Å². The lowest BCUT2D eigenvalue weighted by molar-refractivity contribution is 0.180. The molecular formula is C31H32N2. The molecule has 0 bridgehead atoms. The molecule has 2 aliphatic rings. The van der Waals surface area contributed by atoms with Crippen LogP contribution in [0.25, 0.3) is 5.57 Å². The molecule has 0 N–H and O–H groups in total. The van der Waals surface area contributed by atoms with Crippen molar-refractivity contribution in [2.75, 3.05) is 19.6 Å². The van der Waals surface area contributed by atoms with Gasteiger partial charge in [-0.05, 0) is 84.5 Å². The zero-order valence-corrected chi connectivity index (χ0v) is 19.3. The highest BCUT2D eigenvalue weighted by atomic mass is 15.1. The highest BCUT2D eigenvalue weighted by molar-refractivity contribution is 5.83. The molecule has 1 atom stereocenters. The zero-order valence-electron chi connectivity index (χ0n) is 19.3. The van der Waals surface area contributed by atoms with Crippen molar-refractivity contribution in [3.8, 4) is 6.07 Å². The molecule has 0 radical (unpaired) electrons. The summed E-state index contributed by atoms with van der Waals surface area (Å²) in [6.07, 6.45) is 7.96. The Kier molecular flexibility index (Phi) is 6.70. The number of hydrogen-bond donors (Lipinski definition) is 0. The topological polar surface area (TPSA) is 27.0 Å². The van der Waals surface area contributed by atoms with Crippen molar-refractivity contribution in [2.45, 2.75) is 38.0 Å². The van der Waals surface area contributed by atoms with E-state index in [4.69, 9.17) is 0 Å². The molecule has 0 amide bonds. The first-order valence-corrected chi connectivity index (χ1v) is 12.4. The number of hydrogen-bond acceptors (Lipinski definition) is 2. The molecule has 1 aliphatic carbocycles. The van der Waals surface area contributed by atoms with Gasteiger partial charge < -0.3 is 4.90 Å². The zero-order chi connectivity index (χ0) is 22.5. The fourth-order valence-electron chi connectivity index (χ4n) is 5.65. The Bertz CT molecular complexity index is 1100. The molecule has 1 fully saturated rings. The van der Waals surface area contributed by atoms with Gasteiger partial charge in [-0.25, -0.2) is 0 Å². The van der Waals surface area contributed by atoms with E-state index < -0.39 is 0 Å². The van der Waals surface area contributed by atoms with Gasteiger partial charge in [0.15, 0.2) is 0 Å². The molecule has 0 aromatic heterocycles. The SMILES string of the molecule is N#CC(c1ccccc1)C1CCN(CCC=C2c3ccccc3CCc3ccccc32)CC1. The summed E-state index contributed by atoms with van der Waals surface area (Å²) in [5.74, 6) is 0.488. The number of nitriles is 1. The summed E-state index contributed by atoms with van der Waals surface area (Å²) >= 11 is 0. The van der Waals surface area contributed by atoms with Crippen LogP contribution in [0.1, 0.15) is 53.0 Å². The number of benzene rings is 3. The molecule has 1 aliphatic heterocycles. The van der Waals surface area contributed by atoms with Crippen LogP contribution in [-0.4, -0.2) is 24.5 Å². The first kappa shape index (κ1) is 21.7. The summed E-state index contributed by atoms with van der Waals surface area (Å²) in [4.78, 5) is 2.58. The minimum atomic E-state index is 0.0226. The molecule has 33 heavy (non-hydrogen) atoms. The summed E-state index contributed by atoms with van der Waals surface area (Å²) in [6, 6.07) is 30.8. The highest BCUT2D eigenvalue weighted by Crippen LogP contribution is 2.35. The van der Waals surface area contributed by atoms with E-state index in [0.717, 1.165) is 51.7 Å². The predicted molar refractivity (Wildman–Crippen MR) is 136 cm³/mol. The molecule has 166 valence electrons. The van der Waals surface area contributed by atoms with Crippen LogP contribution in [0.3, 0.4) is 0 Å². The van der Waals surface area contributed by atoms with Crippen molar-refractivity contribution in [2.24, 2.45) is 5.92 Å². The van der Waals surface area contributed by atoms with Crippen LogP contribution >= 0.6 is 0 Å².